The fourth-order valence-electron chi connectivity index (χ4n) is 3.17. The van der Waals surface area contributed by atoms with Crippen LogP contribution >= 0.6 is 0 Å². The Kier molecular flexibility index (Phi) is 5.64. The Bertz CT molecular complexity index is 279. The van der Waals surface area contributed by atoms with Crippen molar-refractivity contribution in [2.24, 2.45) is 0 Å². The van der Waals surface area contributed by atoms with Gasteiger partial charge in [-0.3, -0.25) is 4.79 Å². The van der Waals surface area contributed by atoms with Gasteiger partial charge in [0.05, 0.1) is 6.04 Å². The van der Waals surface area contributed by atoms with Gasteiger partial charge in [-0.25, -0.2) is 0 Å². The minimum Gasteiger partial charge on any atom is -0.341 e. The maximum Gasteiger partial charge on any atom is 0.239 e. The van der Waals surface area contributed by atoms with Crippen LogP contribution in [-0.2, 0) is 4.79 Å². The highest BCUT2D eigenvalue weighted by atomic mass is 16.2. The van der Waals surface area contributed by atoms with Gasteiger partial charge in [-0.1, -0.05) is 12.8 Å². The second-order valence-corrected chi connectivity index (χ2v) is 6.21. The van der Waals surface area contributed by atoms with Crippen LogP contribution in [0, 0.1) is 0 Å². The van der Waals surface area contributed by atoms with Crippen LogP contribution in [0.15, 0.2) is 0 Å². The van der Waals surface area contributed by atoms with Gasteiger partial charge in [0.25, 0.3) is 0 Å². The van der Waals surface area contributed by atoms with Gasteiger partial charge in [-0.2, -0.15) is 0 Å². The summed E-state index contributed by atoms with van der Waals surface area (Å²) in [6.45, 7) is 6.23. The lowest BCUT2D eigenvalue weighted by Crippen LogP contribution is -2.51. The Balaban J connectivity index is 1.78. The molecule has 1 atom stereocenters. The molecule has 0 spiro atoms. The molecule has 0 saturated carbocycles. The molecule has 2 aliphatic rings. The van der Waals surface area contributed by atoms with E-state index in [0.717, 1.165) is 39.0 Å². The van der Waals surface area contributed by atoms with Gasteiger partial charge in [0.2, 0.25) is 5.91 Å². The molecule has 0 aromatic carbocycles. The van der Waals surface area contributed by atoms with E-state index in [0.29, 0.717) is 11.9 Å². The van der Waals surface area contributed by atoms with Crippen molar-refractivity contribution in [3.05, 3.63) is 0 Å². The van der Waals surface area contributed by atoms with Crippen molar-refractivity contribution >= 4 is 5.91 Å². The zero-order valence-corrected chi connectivity index (χ0v) is 12.5. The molecule has 1 unspecified atom stereocenters. The minimum atomic E-state index is -0.0218. The summed E-state index contributed by atoms with van der Waals surface area (Å²) in [7, 11) is 2.17. The molecular formula is C15H29N3O. The smallest absolute Gasteiger partial charge is 0.239 e. The zero-order valence-electron chi connectivity index (χ0n) is 12.5. The number of hydrogen-bond donors (Lipinski definition) is 1. The van der Waals surface area contributed by atoms with E-state index in [1.54, 1.807) is 0 Å². The van der Waals surface area contributed by atoms with E-state index < -0.39 is 0 Å². The number of piperidine rings is 1. The average molecular weight is 267 g/mol. The number of hydrogen-bond acceptors (Lipinski definition) is 3. The van der Waals surface area contributed by atoms with Crippen LogP contribution in [0.2, 0.25) is 0 Å². The molecule has 4 heteroatoms. The van der Waals surface area contributed by atoms with E-state index in [2.05, 4.69) is 22.2 Å². The molecule has 0 radical (unpaired) electrons. The summed E-state index contributed by atoms with van der Waals surface area (Å²) in [6, 6.07) is 0.494. The van der Waals surface area contributed by atoms with E-state index in [9.17, 15) is 4.79 Å². The molecule has 110 valence electrons. The second kappa shape index (κ2) is 7.25. The van der Waals surface area contributed by atoms with Crippen LogP contribution in [0.5, 0.6) is 0 Å². The number of carbonyl (C=O) groups is 1. The molecule has 19 heavy (non-hydrogen) atoms. The number of carbonyl (C=O) groups excluding carboxylic acids is 1. The lowest BCUT2D eigenvalue weighted by atomic mass is 10.0. The van der Waals surface area contributed by atoms with Gasteiger partial charge in [0, 0.05) is 19.1 Å². The SMILES string of the molecule is CC(NC1CCN(C)CC1)C(=O)N1CCCCCC1. The largest absolute Gasteiger partial charge is 0.341 e. The molecule has 2 fully saturated rings. The topological polar surface area (TPSA) is 35.6 Å². The van der Waals surface area contributed by atoms with Crippen molar-refractivity contribution in [2.75, 3.05) is 33.2 Å². The maximum absolute atomic E-state index is 12.4. The fraction of sp³-hybridized carbons (Fsp3) is 0.933. The third-order valence-corrected chi connectivity index (χ3v) is 4.49. The first-order chi connectivity index (χ1) is 9.16. The third-order valence-electron chi connectivity index (χ3n) is 4.49. The predicted octanol–water partition coefficient (Wildman–Crippen LogP) is 1.46. The zero-order chi connectivity index (χ0) is 13.7. The lowest BCUT2D eigenvalue weighted by molar-refractivity contribution is -0.133. The summed E-state index contributed by atoms with van der Waals surface area (Å²) in [5, 5.41) is 3.54. The van der Waals surface area contributed by atoms with Gasteiger partial charge in [0.1, 0.15) is 0 Å². The monoisotopic (exact) mass is 267 g/mol. The summed E-state index contributed by atoms with van der Waals surface area (Å²) < 4.78 is 0. The van der Waals surface area contributed by atoms with E-state index >= 15 is 0 Å². The molecule has 2 aliphatic heterocycles. The Morgan fingerprint density at radius 2 is 1.63 bits per heavy atom. The average Bonchev–Trinajstić information content (AvgIpc) is 2.69. The third kappa shape index (κ3) is 4.46. The van der Waals surface area contributed by atoms with E-state index in [1.807, 2.05) is 6.92 Å². The van der Waals surface area contributed by atoms with E-state index in [-0.39, 0.29) is 6.04 Å². The molecule has 4 nitrogen and oxygen atoms in total. The highest BCUT2D eigenvalue weighted by molar-refractivity contribution is 5.81. The fourth-order valence-corrected chi connectivity index (χ4v) is 3.17. The molecular weight excluding hydrogens is 238 g/mol. The first kappa shape index (κ1) is 14.8. The van der Waals surface area contributed by atoms with Gasteiger partial charge in [-0.05, 0) is 52.7 Å². The summed E-state index contributed by atoms with van der Waals surface area (Å²) in [5.41, 5.74) is 0. The highest BCUT2D eigenvalue weighted by Crippen LogP contribution is 2.13. The number of nitrogens with zero attached hydrogens (tertiary/aromatic N) is 2. The molecule has 0 aliphatic carbocycles. The molecule has 1 amide bonds. The van der Waals surface area contributed by atoms with Crippen molar-refractivity contribution in [3.63, 3.8) is 0 Å². The van der Waals surface area contributed by atoms with Crippen molar-refractivity contribution in [1.29, 1.82) is 0 Å². The van der Waals surface area contributed by atoms with Gasteiger partial charge in [0.15, 0.2) is 0 Å². The summed E-state index contributed by atoms with van der Waals surface area (Å²) >= 11 is 0. The minimum absolute atomic E-state index is 0.0218. The van der Waals surface area contributed by atoms with E-state index in [4.69, 9.17) is 0 Å². The molecule has 0 bridgehead atoms. The highest BCUT2D eigenvalue weighted by Gasteiger charge is 2.25. The lowest BCUT2D eigenvalue weighted by Gasteiger charge is -2.32. The van der Waals surface area contributed by atoms with Crippen LogP contribution < -0.4 is 5.32 Å². The molecule has 0 aromatic heterocycles. The van der Waals surface area contributed by atoms with Crippen LogP contribution in [0.4, 0.5) is 0 Å². The summed E-state index contributed by atoms with van der Waals surface area (Å²) in [5.74, 6) is 0.306. The molecule has 0 aromatic rings. The van der Waals surface area contributed by atoms with E-state index in [1.165, 1.54) is 25.7 Å². The van der Waals surface area contributed by atoms with Crippen molar-refractivity contribution < 1.29 is 4.79 Å². The number of nitrogens with one attached hydrogen (secondary N) is 1. The maximum atomic E-state index is 12.4. The van der Waals surface area contributed by atoms with Crippen molar-refractivity contribution in [1.82, 2.24) is 15.1 Å². The van der Waals surface area contributed by atoms with Crippen LogP contribution in [-0.4, -0.2) is 61.0 Å². The summed E-state index contributed by atoms with van der Waals surface area (Å²) in [6.07, 6.45) is 7.22. The van der Waals surface area contributed by atoms with Crippen LogP contribution in [0.3, 0.4) is 0 Å². The molecule has 2 rings (SSSR count). The number of amides is 1. The second-order valence-electron chi connectivity index (χ2n) is 6.21. The van der Waals surface area contributed by atoms with Gasteiger partial charge in [-0.15, -0.1) is 0 Å². The number of likely N-dealkylation sites (tertiary alicyclic amines) is 2. The first-order valence-electron chi connectivity index (χ1n) is 7.90. The number of rotatable bonds is 3. The van der Waals surface area contributed by atoms with Gasteiger partial charge >= 0.3 is 0 Å². The molecule has 2 saturated heterocycles. The summed E-state index contributed by atoms with van der Waals surface area (Å²) in [4.78, 5) is 16.9. The van der Waals surface area contributed by atoms with Gasteiger partial charge < -0.3 is 15.1 Å². The standard InChI is InChI=1S/C15H29N3O/c1-13(16-14-7-11-17(2)12-8-14)15(19)18-9-5-3-4-6-10-18/h13-14,16H,3-12H2,1-2H3. The Labute approximate surface area is 117 Å². The Hall–Kier alpha value is -0.610. The predicted molar refractivity (Wildman–Crippen MR) is 78.2 cm³/mol. The van der Waals surface area contributed by atoms with Crippen LogP contribution in [0.25, 0.3) is 0 Å². The quantitative estimate of drug-likeness (QED) is 0.841. The molecule has 1 N–H and O–H groups in total. The first-order valence-corrected chi connectivity index (χ1v) is 7.90. The normalized spacial score (nSPS) is 25.1. The van der Waals surface area contributed by atoms with Crippen LogP contribution in [0.1, 0.15) is 45.4 Å². The van der Waals surface area contributed by atoms with Crippen molar-refractivity contribution in [3.8, 4) is 0 Å². The Morgan fingerprint density at radius 3 is 2.21 bits per heavy atom. The Morgan fingerprint density at radius 1 is 1.05 bits per heavy atom. The van der Waals surface area contributed by atoms with Crippen molar-refractivity contribution in [2.45, 2.75) is 57.5 Å². The molecule has 2 heterocycles.